The molecule has 13 atom stereocenters. The molecule has 4 aliphatic carbocycles. The van der Waals surface area contributed by atoms with Gasteiger partial charge in [-0.25, -0.2) is 0 Å². The Kier molecular flexibility index (Phi) is 6.86. The molecule has 3 N–H and O–H groups in total. The van der Waals surface area contributed by atoms with Crippen molar-refractivity contribution >= 4 is 23.5 Å². The molecule has 0 spiro atoms. The van der Waals surface area contributed by atoms with Crippen LogP contribution in [0.15, 0.2) is 23.0 Å². The van der Waals surface area contributed by atoms with Gasteiger partial charge in [0.15, 0.2) is 5.78 Å². The Morgan fingerprint density at radius 3 is 2.28 bits per heavy atom. The van der Waals surface area contributed by atoms with Gasteiger partial charge in [0.1, 0.15) is 18.0 Å². The minimum atomic E-state index is -1.58. The van der Waals surface area contributed by atoms with Crippen molar-refractivity contribution in [1.29, 1.82) is 0 Å². The number of ether oxygens (including phenoxy) is 3. The van der Waals surface area contributed by atoms with Crippen LogP contribution in [-0.2, 0) is 33.4 Å². The Labute approximate surface area is 250 Å². The fourth-order valence-corrected chi connectivity index (χ4v) is 10.4. The van der Waals surface area contributed by atoms with E-state index in [9.17, 15) is 34.5 Å². The zero-order valence-corrected chi connectivity index (χ0v) is 25.4. The largest absolute Gasteiger partial charge is 0.472 e. The molecule has 0 amide bonds. The number of carbonyl (C=O) groups excluding carboxylic acids is 4. The minimum Gasteiger partial charge on any atom is -0.472 e. The third kappa shape index (κ3) is 3.68. The van der Waals surface area contributed by atoms with Crippen molar-refractivity contribution in [3.63, 3.8) is 0 Å². The lowest BCUT2D eigenvalue weighted by Crippen LogP contribution is -2.80. The highest BCUT2D eigenvalue weighted by molar-refractivity contribution is 5.96. The van der Waals surface area contributed by atoms with E-state index in [0.29, 0.717) is 5.56 Å². The van der Waals surface area contributed by atoms with E-state index in [0.717, 1.165) is 0 Å². The molecule has 2 heterocycles. The van der Waals surface area contributed by atoms with Crippen LogP contribution in [0.3, 0.4) is 0 Å². The zero-order chi connectivity index (χ0) is 31.4. The summed E-state index contributed by atoms with van der Waals surface area (Å²) in [5.41, 5.74) is -4.53. The lowest BCUT2D eigenvalue weighted by molar-refractivity contribution is -0.372. The summed E-state index contributed by atoms with van der Waals surface area (Å²) >= 11 is 0. The lowest BCUT2D eigenvalue weighted by Gasteiger charge is -2.72. The molecule has 6 rings (SSSR count). The van der Waals surface area contributed by atoms with E-state index in [4.69, 9.17) is 18.6 Å². The Hall–Kier alpha value is -2.60. The number of rotatable bonds is 4. The molecule has 1 aliphatic heterocycles. The van der Waals surface area contributed by atoms with Gasteiger partial charge < -0.3 is 33.9 Å². The predicted molar refractivity (Wildman–Crippen MR) is 147 cm³/mol. The second kappa shape index (κ2) is 9.70. The molecule has 11 nitrogen and oxygen atoms in total. The Morgan fingerprint density at radius 1 is 0.977 bits per heavy atom. The number of aliphatic hydroxyl groups is 3. The number of aliphatic hydroxyl groups excluding tert-OH is 3. The van der Waals surface area contributed by atoms with E-state index in [2.05, 4.69) is 0 Å². The van der Waals surface area contributed by atoms with Gasteiger partial charge in [0.05, 0.1) is 42.7 Å². The molecule has 1 aromatic rings. The fourth-order valence-electron chi connectivity index (χ4n) is 10.4. The average Bonchev–Trinajstić information content (AvgIpc) is 3.55. The summed E-state index contributed by atoms with van der Waals surface area (Å²) in [6.07, 6.45) is -3.20. The van der Waals surface area contributed by atoms with Gasteiger partial charge in [0, 0.05) is 53.8 Å². The molecule has 4 saturated carbocycles. The molecule has 236 valence electrons. The van der Waals surface area contributed by atoms with Crippen LogP contribution < -0.4 is 0 Å². The summed E-state index contributed by atoms with van der Waals surface area (Å²) in [6.45, 7) is 9.58. The first kappa shape index (κ1) is 30.4. The van der Waals surface area contributed by atoms with E-state index in [1.165, 1.54) is 19.5 Å². The second-order valence-electron chi connectivity index (χ2n) is 14.5. The number of hydrogen-bond acceptors (Lipinski definition) is 11. The monoisotopic (exact) mass is 602 g/mol. The van der Waals surface area contributed by atoms with Gasteiger partial charge >= 0.3 is 11.9 Å². The smallest absolute Gasteiger partial charge is 0.310 e. The van der Waals surface area contributed by atoms with E-state index in [1.54, 1.807) is 40.7 Å². The molecule has 43 heavy (non-hydrogen) atoms. The van der Waals surface area contributed by atoms with Crippen LogP contribution in [0.2, 0.25) is 0 Å². The SMILES string of the molecule is CC(=O)O[C@@H]1C[C@H](O)[C@@]23COC(OC(=O)C(C)C)[C@]1(C)[C@@H]2C[C@@H](O)[C@@]1(C)[C@@H]2C(=O)C[C@@H](c4ccoc4)[C@]2(C)[C@@H](O)C(=O)[C@@H]13. The van der Waals surface area contributed by atoms with E-state index in [1.807, 2.05) is 0 Å². The minimum absolute atomic E-state index is 0.0248. The molecular formula is C32H42O11. The van der Waals surface area contributed by atoms with Crippen molar-refractivity contribution < 1.29 is 53.1 Å². The van der Waals surface area contributed by atoms with Crippen LogP contribution in [0.4, 0.5) is 0 Å². The number of carbonyl (C=O) groups is 4. The Morgan fingerprint density at radius 2 is 1.67 bits per heavy atom. The first-order chi connectivity index (χ1) is 20.1. The van der Waals surface area contributed by atoms with Gasteiger partial charge in [0.25, 0.3) is 0 Å². The Bertz CT molecular complexity index is 1340. The maximum Gasteiger partial charge on any atom is 0.310 e. The number of ketones is 2. The highest BCUT2D eigenvalue weighted by Gasteiger charge is 2.82. The summed E-state index contributed by atoms with van der Waals surface area (Å²) in [7, 11) is 0. The number of esters is 2. The van der Waals surface area contributed by atoms with Crippen molar-refractivity contribution in [2.75, 3.05) is 6.61 Å². The van der Waals surface area contributed by atoms with Crippen LogP contribution in [0, 0.1) is 45.3 Å². The van der Waals surface area contributed by atoms with Crippen molar-refractivity contribution in [3.8, 4) is 0 Å². The van der Waals surface area contributed by atoms with Crippen LogP contribution >= 0.6 is 0 Å². The van der Waals surface area contributed by atoms with Gasteiger partial charge in [-0.3, -0.25) is 19.2 Å². The normalized spacial score (nSPS) is 48.7. The second-order valence-corrected chi connectivity index (χ2v) is 14.5. The first-order valence-electron chi connectivity index (χ1n) is 15.2. The van der Waals surface area contributed by atoms with Gasteiger partial charge in [0.2, 0.25) is 6.29 Å². The first-order valence-corrected chi connectivity index (χ1v) is 15.2. The van der Waals surface area contributed by atoms with Crippen LogP contribution in [0.25, 0.3) is 0 Å². The highest BCUT2D eigenvalue weighted by atomic mass is 16.7. The van der Waals surface area contributed by atoms with Crippen LogP contribution in [0.5, 0.6) is 0 Å². The summed E-state index contributed by atoms with van der Waals surface area (Å²) in [6, 6.07) is 1.72. The maximum atomic E-state index is 14.7. The van der Waals surface area contributed by atoms with Gasteiger partial charge in [-0.15, -0.1) is 0 Å². The van der Waals surface area contributed by atoms with Crippen LogP contribution in [-0.4, -0.2) is 76.1 Å². The number of hydrogen-bond donors (Lipinski definition) is 3. The number of fused-ring (bicyclic) bond motifs is 3. The topological polar surface area (TPSA) is 170 Å². The van der Waals surface area contributed by atoms with E-state index in [-0.39, 0.29) is 31.7 Å². The number of Topliss-reactive ketones (excluding diaryl/α,β-unsaturated/α-hetero) is 2. The summed E-state index contributed by atoms with van der Waals surface area (Å²) in [4.78, 5) is 53.7. The maximum absolute atomic E-state index is 14.7. The highest BCUT2D eigenvalue weighted by Crippen LogP contribution is 2.75. The molecule has 0 aromatic carbocycles. The molecule has 11 heteroatoms. The summed E-state index contributed by atoms with van der Waals surface area (Å²) < 4.78 is 23.1. The third-order valence-electron chi connectivity index (χ3n) is 12.3. The van der Waals surface area contributed by atoms with Crippen molar-refractivity contribution in [3.05, 3.63) is 24.2 Å². The predicted octanol–water partition coefficient (Wildman–Crippen LogP) is 2.15. The van der Waals surface area contributed by atoms with Gasteiger partial charge in [-0.2, -0.15) is 0 Å². The zero-order valence-electron chi connectivity index (χ0n) is 25.4. The molecule has 2 bridgehead atoms. The quantitative estimate of drug-likeness (QED) is 0.432. The van der Waals surface area contributed by atoms with Gasteiger partial charge in [-0.1, -0.05) is 27.7 Å². The van der Waals surface area contributed by atoms with Crippen LogP contribution in [0.1, 0.15) is 72.3 Å². The lowest BCUT2D eigenvalue weighted by atomic mass is 9.33. The number of furan rings is 1. The van der Waals surface area contributed by atoms with E-state index >= 15 is 0 Å². The molecule has 5 aliphatic rings. The fraction of sp³-hybridized carbons (Fsp3) is 0.750. The molecule has 0 radical (unpaired) electrons. The molecule has 1 unspecified atom stereocenters. The molecule has 5 fully saturated rings. The Balaban J connectivity index is 1.51. The molecule has 1 aromatic heterocycles. The summed E-state index contributed by atoms with van der Waals surface area (Å²) in [5.74, 6) is -5.70. The average molecular weight is 603 g/mol. The van der Waals surface area contributed by atoms with Crippen molar-refractivity contribution in [2.45, 2.75) is 97.4 Å². The van der Waals surface area contributed by atoms with E-state index < -0.39 is 99.7 Å². The van der Waals surface area contributed by atoms with Crippen molar-refractivity contribution in [2.24, 2.45) is 45.3 Å². The third-order valence-corrected chi connectivity index (χ3v) is 12.3. The standard InChI is InChI=1S/C32H42O11/c1-14(2)27(39)43-28-30(5)19-10-20(35)31(6)24-18(34)9-17(16-7-8-40-12-16)29(24,4)26(38)23(37)25(31)32(19,13-41-28)21(36)11-22(30)42-15(3)33/h7-8,12,14,17,19-22,24-26,28,35-36,38H,9-11,13H2,1-6H3/t17-,19-,20+,21-,22+,24+,25-,26-,28?,29-,30+,31-,32+/m0/s1. The molecular weight excluding hydrogens is 560 g/mol. The summed E-state index contributed by atoms with van der Waals surface area (Å²) in [5, 5.41) is 36.0. The molecule has 1 saturated heterocycles. The van der Waals surface area contributed by atoms with Gasteiger partial charge in [-0.05, 0) is 30.9 Å². The van der Waals surface area contributed by atoms with Crippen molar-refractivity contribution in [1.82, 2.24) is 0 Å².